The number of pyridine rings is 1. The van der Waals surface area contributed by atoms with Gasteiger partial charge in [0, 0.05) is 6.20 Å². The van der Waals surface area contributed by atoms with Crippen molar-refractivity contribution in [1.82, 2.24) is 4.98 Å². The molecule has 4 nitrogen and oxygen atoms in total. The van der Waals surface area contributed by atoms with Gasteiger partial charge < -0.3 is 10.5 Å². The summed E-state index contributed by atoms with van der Waals surface area (Å²) in [5, 5.41) is 16.8. The Kier molecular flexibility index (Phi) is 29.0. The van der Waals surface area contributed by atoms with Crippen LogP contribution >= 0.6 is 47.6 Å². The van der Waals surface area contributed by atoms with Gasteiger partial charge in [0.15, 0.2) is 0 Å². The number of carbonyl (C=O) groups excluding carboxylic acids is 1. The van der Waals surface area contributed by atoms with Crippen LogP contribution in [0.25, 0.3) is 0 Å². The molecule has 0 saturated heterocycles. The zero-order chi connectivity index (χ0) is 63.5. The number of hydrogen-bond acceptors (Lipinski definition) is 4. The SMILES string of the molecule is CC.CCOC(=O)c1cc(N)ncc1Br.c1ccc(P(c2ccccc2)c2ccccc2)cc1.c1ccc(P(c2ccccc2)c2ccccc2)cc1.c1ccc(P(c2ccccc2)c2ccccc2)cc1.c1ccc(P(c2ccccc2)c2ccccc2)cc1. The van der Waals surface area contributed by atoms with Crippen molar-refractivity contribution < 1.29 is 9.53 Å². The lowest BCUT2D eigenvalue weighted by molar-refractivity contribution is 0.0525. The van der Waals surface area contributed by atoms with Gasteiger partial charge in [0.05, 0.1) is 16.6 Å². The first-order valence-electron chi connectivity index (χ1n) is 30.3. The van der Waals surface area contributed by atoms with Crippen LogP contribution in [0.5, 0.6) is 0 Å². The molecule has 2 N–H and O–H groups in total. The molecular weight excluding hydrogens is 1250 g/mol. The summed E-state index contributed by atoms with van der Waals surface area (Å²) in [6.07, 6.45) is 1.47. The number of benzene rings is 12. The molecule has 13 rings (SSSR count). The van der Waals surface area contributed by atoms with Gasteiger partial charge >= 0.3 is 5.97 Å². The first-order chi connectivity index (χ1) is 44.9. The standard InChI is InChI=1S/4C18H15P.C8H9BrN2O2.C2H6/c4*1-4-10-16(11-5-1)19(17-12-6-2-7-13-17)18-14-8-3-9-15-18;1-2-13-8(12)5-3-7(10)11-4-6(5)9;1-2/h4*1-15H;3-4H,2H2,1H3,(H2,10,11);1-2H3. The molecule has 0 unspecified atom stereocenters. The van der Waals surface area contributed by atoms with Crippen LogP contribution in [0.3, 0.4) is 0 Å². The topological polar surface area (TPSA) is 65.2 Å². The third-order valence-corrected chi connectivity index (χ3v) is 24.0. The van der Waals surface area contributed by atoms with Crippen LogP contribution in [0.4, 0.5) is 5.82 Å². The lowest BCUT2D eigenvalue weighted by Crippen LogP contribution is -2.20. The maximum absolute atomic E-state index is 11.3. The van der Waals surface area contributed by atoms with Crippen molar-refractivity contribution in [2.24, 2.45) is 0 Å². The Morgan fingerprint density at radius 2 is 0.473 bits per heavy atom. The smallest absolute Gasteiger partial charge is 0.339 e. The molecule has 452 valence electrons. The van der Waals surface area contributed by atoms with Gasteiger partial charge in [0.1, 0.15) is 5.82 Å². The fourth-order valence-electron chi connectivity index (χ4n) is 9.53. The number of nitrogen functional groups attached to an aromatic ring is 1. The summed E-state index contributed by atoms with van der Waals surface area (Å²) < 4.78 is 5.39. The molecule has 9 heteroatoms. The van der Waals surface area contributed by atoms with Crippen molar-refractivity contribution >= 4 is 123 Å². The summed E-state index contributed by atoms with van der Waals surface area (Å²) in [5.41, 5.74) is 5.82. The minimum Gasteiger partial charge on any atom is -0.462 e. The summed E-state index contributed by atoms with van der Waals surface area (Å²) in [6, 6.07) is 131. The van der Waals surface area contributed by atoms with E-state index in [0.29, 0.717) is 22.5 Å². The van der Waals surface area contributed by atoms with Crippen molar-refractivity contribution in [3.8, 4) is 0 Å². The van der Waals surface area contributed by atoms with Gasteiger partial charge in [-0.25, -0.2) is 9.78 Å². The van der Waals surface area contributed by atoms with Crippen LogP contribution in [0.15, 0.2) is 381 Å². The van der Waals surface area contributed by atoms with E-state index in [0.717, 1.165) is 0 Å². The van der Waals surface area contributed by atoms with Gasteiger partial charge in [-0.15, -0.1) is 0 Å². The average Bonchev–Trinajstić information content (AvgIpc) is 2.64. The van der Waals surface area contributed by atoms with Gasteiger partial charge in [0.25, 0.3) is 0 Å². The van der Waals surface area contributed by atoms with Gasteiger partial charge in [-0.1, -0.05) is 378 Å². The van der Waals surface area contributed by atoms with Crippen molar-refractivity contribution in [2.45, 2.75) is 20.8 Å². The molecule has 0 spiro atoms. The van der Waals surface area contributed by atoms with E-state index < -0.39 is 37.7 Å². The van der Waals surface area contributed by atoms with E-state index in [-0.39, 0.29) is 0 Å². The summed E-state index contributed by atoms with van der Waals surface area (Å²) >= 11 is 3.18. The number of halogens is 1. The van der Waals surface area contributed by atoms with E-state index in [1.165, 1.54) is 75.9 Å². The van der Waals surface area contributed by atoms with E-state index in [1.807, 2.05) is 13.8 Å². The Hall–Kier alpha value is -8.74. The molecule has 0 aliphatic carbocycles. The van der Waals surface area contributed by atoms with Crippen LogP contribution in [0.1, 0.15) is 31.1 Å². The molecule has 0 saturated carbocycles. The maximum atomic E-state index is 11.3. The third-order valence-electron chi connectivity index (χ3n) is 13.5. The zero-order valence-corrected chi connectivity index (χ0v) is 56.7. The number of esters is 1. The second-order valence-electron chi connectivity index (χ2n) is 19.7. The number of nitrogens with two attached hydrogens (primary N) is 1. The Bertz CT molecular complexity index is 3200. The molecule has 0 amide bonds. The van der Waals surface area contributed by atoms with Gasteiger partial charge in [-0.2, -0.15) is 0 Å². The van der Waals surface area contributed by atoms with Crippen LogP contribution in [-0.2, 0) is 4.74 Å². The Morgan fingerprint density at radius 3 is 0.615 bits per heavy atom. The van der Waals surface area contributed by atoms with Crippen molar-refractivity contribution in [3.05, 3.63) is 386 Å². The highest BCUT2D eigenvalue weighted by molar-refractivity contribution is 9.10. The Balaban J connectivity index is 0.000000146. The number of anilines is 1. The highest BCUT2D eigenvalue weighted by Crippen LogP contribution is 2.35. The van der Waals surface area contributed by atoms with Gasteiger partial charge in [-0.3, -0.25) is 0 Å². The van der Waals surface area contributed by atoms with Gasteiger partial charge in [-0.05, 0) is 124 Å². The molecule has 91 heavy (non-hydrogen) atoms. The number of hydrogen-bond donors (Lipinski definition) is 1. The number of rotatable bonds is 14. The van der Waals surface area contributed by atoms with E-state index in [4.69, 9.17) is 10.5 Å². The maximum Gasteiger partial charge on any atom is 0.339 e. The summed E-state index contributed by atoms with van der Waals surface area (Å²) in [6.45, 7) is 6.09. The lowest BCUT2D eigenvalue weighted by atomic mass is 10.2. The second kappa shape index (κ2) is 38.7. The summed E-state index contributed by atoms with van der Waals surface area (Å²) in [7, 11) is -1.78. The predicted molar refractivity (Wildman–Crippen MR) is 404 cm³/mol. The van der Waals surface area contributed by atoms with Crippen LogP contribution in [-0.4, -0.2) is 17.6 Å². The van der Waals surface area contributed by atoms with E-state index in [2.05, 4.69) is 385 Å². The molecule has 1 aromatic heterocycles. The summed E-state index contributed by atoms with van der Waals surface area (Å²) in [4.78, 5) is 15.1. The molecule has 12 aromatic carbocycles. The molecule has 1 heterocycles. The fourth-order valence-corrected chi connectivity index (χ4v) is 19.1. The van der Waals surface area contributed by atoms with E-state index >= 15 is 0 Å². The Morgan fingerprint density at radius 1 is 0.319 bits per heavy atom. The van der Waals surface area contributed by atoms with Crippen LogP contribution in [0, 0.1) is 0 Å². The fraction of sp³-hybridized carbons (Fsp3) is 0.0488. The third kappa shape index (κ3) is 21.2. The number of carbonyl (C=O) groups is 1. The van der Waals surface area contributed by atoms with E-state index in [1.54, 1.807) is 6.92 Å². The predicted octanol–water partition coefficient (Wildman–Crippen LogP) is 16.4. The normalized spacial score (nSPS) is 10.3. The molecule has 0 atom stereocenters. The van der Waals surface area contributed by atoms with Crippen LogP contribution < -0.4 is 69.4 Å². The van der Waals surface area contributed by atoms with Crippen molar-refractivity contribution in [2.75, 3.05) is 12.3 Å². The molecule has 0 aliphatic rings. The molecular formula is C82H75BrN2O2P4. The highest BCUT2D eigenvalue weighted by Gasteiger charge is 2.19. The lowest BCUT2D eigenvalue weighted by Gasteiger charge is -2.18. The van der Waals surface area contributed by atoms with Crippen molar-refractivity contribution in [3.63, 3.8) is 0 Å². The minimum atomic E-state index is -0.446. The highest BCUT2D eigenvalue weighted by atomic mass is 79.9. The number of ether oxygens (including phenoxy) is 1. The monoisotopic (exact) mass is 1320 g/mol. The largest absolute Gasteiger partial charge is 0.462 e. The number of aromatic nitrogens is 1. The first kappa shape index (κ1) is 68.2. The molecule has 13 aromatic rings. The molecule has 0 radical (unpaired) electrons. The minimum absolute atomic E-state index is 0.297. The summed E-state index contributed by atoms with van der Waals surface area (Å²) in [5.74, 6) is -0.102. The zero-order valence-electron chi connectivity index (χ0n) is 51.5. The molecule has 0 aliphatic heterocycles. The molecule has 0 bridgehead atoms. The average molecular weight is 1320 g/mol. The second-order valence-corrected chi connectivity index (χ2v) is 29.4. The van der Waals surface area contributed by atoms with Crippen LogP contribution in [0.2, 0.25) is 0 Å². The quantitative estimate of drug-likeness (QED) is 0.0870. The number of nitrogens with zero attached hydrogens (tertiary/aromatic N) is 1. The van der Waals surface area contributed by atoms with Crippen molar-refractivity contribution in [1.29, 1.82) is 0 Å². The Labute approximate surface area is 553 Å². The van der Waals surface area contributed by atoms with Gasteiger partial charge in [0.2, 0.25) is 0 Å². The van der Waals surface area contributed by atoms with E-state index in [9.17, 15) is 4.79 Å². The molecule has 0 fully saturated rings. The first-order valence-corrected chi connectivity index (χ1v) is 36.5.